The number of hydrogen-bond acceptors (Lipinski definition) is 3. The minimum Gasteiger partial charge on any atom is -0.326 e. The molecule has 0 spiro atoms. The topological polar surface area (TPSA) is 50.1 Å². The monoisotopic (exact) mass is 131 g/mol. The van der Waals surface area contributed by atoms with E-state index in [1.165, 1.54) is 0 Å². The number of rotatable bonds is 5. The first-order chi connectivity index (χ1) is 4.31. The van der Waals surface area contributed by atoms with Gasteiger partial charge in [0.25, 0.3) is 0 Å². The summed E-state index contributed by atoms with van der Waals surface area (Å²) in [5.41, 5.74) is 5.65. The molecule has 4 N–H and O–H groups in total. The molecule has 0 aromatic carbocycles. The van der Waals surface area contributed by atoms with Gasteiger partial charge < -0.3 is 16.4 Å². The van der Waals surface area contributed by atoms with E-state index in [0.29, 0.717) is 0 Å². The first kappa shape index (κ1) is 8.88. The largest absolute Gasteiger partial charge is 0.326 e. The Balaban J connectivity index is 2.95. The van der Waals surface area contributed by atoms with Crippen LogP contribution in [0.5, 0.6) is 0 Å². The molecule has 9 heavy (non-hydrogen) atoms. The van der Waals surface area contributed by atoms with Crippen LogP contribution in [0.4, 0.5) is 0 Å². The fourth-order valence-electron chi connectivity index (χ4n) is 0.664. The van der Waals surface area contributed by atoms with Crippen molar-refractivity contribution >= 4 is 0 Å². The molecule has 3 nitrogen and oxygen atoms in total. The Morgan fingerprint density at radius 2 is 2.11 bits per heavy atom. The van der Waals surface area contributed by atoms with E-state index in [2.05, 4.69) is 17.6 Å². The molecule has 0 aliphatic heterocycles. The highest BCUT2D eigenvalue weighted by molar-refractivity contribution is 4.64. The highest BCUT2D eigenvalue weighted by atomic mass is 14.9. The van der Waals surface area contributed by atoms with Crippen molar-refractivity contribution in [2.45, 2.75) is 13.0 Å². The summed E-state index contributed by atoms with van der Waals surface area (Å²) in [5.74, 6) is 0. The van der Waals surface area contributed by atoms with Gasteiger partial charge in [0.15, 0.2) is 0 Å². The smallest absolute Gasteiger partial charge is 0.0292 e. The van der Waals surface area contributed by atoms with Crippen LogP contribution < -0.4 is 16.4 Å². The normalized spacial score (nSPS) is 13.7. The summed E-state index contributed by atoms with van der Waals surface area (Å²) in [5, 5.41) is 6.18. The zero-order valence-electron chi connectivity index (χ0n) is 6.28. The number of likely N-dealkylation sites (N-methyl/N-ethyl adjacent to an activating group) is 2. The molecule has 0 saturated heterocycles. The molecule has 0 fully saturated rings. The van der Waals surface area contributed by atoms with Crippen LogP contribution in [0.1, 0.15) is 6.92 Å². The molecule has 1 unspecified atom stereocenters. The second-order valence-corrected chi connectivity index (χ2v) is 2.13. The van der Waals surface area contributed by atoms with E-state index < -0.39 is 0 Å². The summed E-state index contributed by atoms with van der Waals surface area (Å²) in [6, 6.07) is 0.245. The maximum Gasteiger partial charge on any atom is 0.0292 e. The molecular formula is C6H17N3. The summed E-state index contributed by atoms with van der Waals surface area (Å²) >= 11 is 0. The van der Waals surface area contributed by atoms with E-state index in [4.69, 9.17) is 5.73 Å². The second-order valence-electron chi connectivity index (χ2n) is 2.13. The van der Waals surface area contributed by atoms with Crippen molar-refractivity contribution in [1.29, 1.82) is 0 Å². The van der Waals surface area contributed by atoms with Gasteiger partial charge in [0, 0.05) is 19.1 Å². The van der Waals surface area contributed by atoms with Crippen LogP contribution in [-0.4, -0.2) is 32.7 Å². The zero-order chi connectivity index (χ0) is 7.11. The highest BCUT2D eigenvalue weighted by Crippen LogP contribution is 1.69. The van der Waals surface area contributed by atoms with Gasteiger partial charge in [-0.25, -0.2) is 0 Å². The Hall–Kier alpha value is -0.120. The molecule has 0 aliphatic rings. The molecule has 0 aromatic rings. The van der Waals surface area contributed by atoms with Gasteiger partial charge in [-0.1, -0.05) is 6.92 Å². The van der Waals surface area contributed by atoms with Crippen molar-refractivity contribution in [3.05, 3.63) is 0 Å². The molecule has 0 rings (SSSR count). The lowest BCUT2D eigenvalue weighted by Gasteiger charge is -2.09. The first-order valence-corrected chi connectivity index (χ1v) is 3.42. The molecule has 1 atom stereocenters. The van der Waals surface area contributed by atoms with Crippen LogP contribution in [0.25, 0.3) is 0 Å². The van der Waals surface area contributed by atoms with E-state index >= 15 is 0 Å². The summed E-state index contributed by atoms with van der Waals surface area (Å²) < 4.78 is 0. The van der Waals surface area contributed by atoms with E-state index in [-0.39, 0.29) is 6.04 Å². The van der Waals surface area contributed by atoms with Gasteiger partial charge in [0.1, 0.15) is 0 Å². The molecule has 0 amide bonds. The minimum absolute atomic E-state index is 0.245. The predicted molar refractivity (Wildman–Crippen MR) is 40.4 cm³/mol. The molecular weight excluding hydrogens is 114 g/mol. The van der Waals surface area contributed by atoms with Gasteiger partial charge in [0.05, 0.1) is 0 Å². The summed E-state index contributed by atoms with van der Waals surface area (Å²) in [6.45, 7) is 4.86. The third kappa shape index (κ3) is 5.76. The maximum absolute atomic E-state index is 5.65. The van der Waals surface area contributed by atoms with Gasteiger partial charge in [0.2, 0.25) is 0 Å². The molecule has 0 saturated carbocycles. The lowest BCUT2D eigenvalue weighted by Crippen LogP contribution is -2.40. The molecule has 0 aromatic heterocycles. The van der Waals surface area contributed by atoms with Gasteiger partial charge in [-0.3, -0.25) is 0 Å². The number of nitrogens with one attached hydrogen (secondary N) is 2. The summed E-state index contributed by atoms with van der Waals surface area (Å²) in [4.78, 5) is 0. The van der Waals surface area contributed by atoms with E-state index in [0.717, 1.165) is 19.6 Å². The molecule has 0 bridgehead atoms. The second kappa shape index (κ2) is 6.01. The third-order valence-corrected chi connectivity index (χ3v) is 1.12. The van der Waals surface area contributed by atoms with Gasteiger partial charge in [-0.2, -0.15) is 0 Å². The van der Waals surface area contributed by atoms with Crippen molar-refractivity contribution in [2.75, 3.05) is 26.7 Å². The van der Waals surface area contributed by atoms with Gasteiger partial charge in [-0.05, 0) is 13.6 Å². The Labute approximate surface area is 57.0 Å². The van der Waals surface area contributed by atoms with Crippen molar-refractivity contribution < 1.29 is 0 Å². The van der Waals surface area contributed by atoms with Crippen LogP contribution >= 0.6 is 0 Å². The van der Waals surface area contributed by atoms with Crippen molar-refractivity contribution in [1.82, 2.24) is 10.6 Å². The fraction of sp³-hybridized carbons (Fsp3) is 1.00. The van der Waals surface area contributed by atoms with Crippen molar-refractivity contribution in [3.8, 4) is 0 Å². The van der Waals surface area contributed by atoms with E-state index in [9.17, 15) is 0 Å². The fourth-order valence-corrected chi connectivity index (χ4v) is 0.664. The average Bonchev–Trinajstić information content (AvgIpc) is 1.85. The van der Waals surface area contributed by atoms with E-state index in [1.54, 1.807) is 0 Å². The lowest BCUT2D eigenvalue weighted by molar-refractivity contribution is 0.562. The highest BCUT2D eigenvalue weighted by Gasteiger charge is 1.96. The molecule has 0 heterocycles. The maximum atomic E-state index is 5.65. The van der Waals surface area contributed by atoms with Crippen molar-refractivity contribution in [3.63, 3.8) is 0 Å². The number of hydrogen-bond donors (Lipinski definition) is 3. The first-order valence-electron chi connectivity index (χ1n) is 3.42. The van der Waals surface area contributed by atoms with Crippen LogP contribution in [-0.2, 0) is 0 Å². The predicted octanol–water partition coefficient (Wildman–Crippen LogP) is -0.857. The molecule has 0 radical (unpaired) electrons. The quantitative estimate of drug-likeness (QED) is 0.455. The van der Waals surface area contributed by atoms with Crippen molar-refractivity contribution in [2.24, 2.45) is 5.73 Å². The standard InChI is InChI=1S/C6H17N3/c1-3-9-5-6(7)4-8-2/h6,8-9H,3-5,7H2,1-2H3. The summed E-state index contributed by atoms with van der Waals surface area (Å²) in [6.07, 6.45) is 0. The van der Waals surface area contributed by atoms with Crippen LogP contribution in [0.3, 0.4) is 0 Å². The molecule has 56 valence electrons. The SMILES string of the molecule is CCNCC(N)CNC. The average molecular weight is 131 g/mol. The van der Waals surface area contributed by atoms with Crippen LogP contribution in [0.15, 0.2) is 0 Å². The van der Waals surface area contributed by atoms with Gasteiger partial charge in [-0.15, -0.1) is 0 Å². The Bertz CT molecular complexity index is 56.3. The van der Waals surface area contributed by atoms with Gasteiger partial charge >= 0.3 is 0 Å². The van der Waals surface area contributed by atoms with E-state index in [1.807, 2.05) is 7.05 Å². The Morgan fingerprint density at radius 1 is 1.44 bits per heavy atom. The lowest BCUT2D eigenvalue weighted by atomic mass is 10.3. The zero-order valence-corrected chi connectivity index (χ0v) is 6.28. The Morgan fingerprint density at radius 3 is 2.56 bits per heavy atom. The molecule has 3 heteroatoms. The summed E-state index contributed by atoms with van der Waals surface area (Å²) in [7, 11) is 1.91. The number of nitrogens with two attached hydrogens (primary N) is 1. The third-order valence-electron chi connectivity index (χ3n) is 1.12. The Kier molecular flexibility index (Phi) is 5.93. The van der Waals surface area contributed by atoms with Crippen LogP contribution in [0, 0.1) is 0 Å². The molecule has 0 aliphatic carbocycles. The van der Waals surface area contributed by atoms with Crippen LogP contribution in [0.2, 0.25) is 0 Å². The minimum atomic E-state index is 0.245.